The number of nitrogens with two attached hydrogens (primary N) is 1. The molecule has 1 amide bonds. The van der Waals surface area contributed by atoms with E-state index in [1.54, 1.807) is 29.4 Å². The number of thioether (sulfide) groups is 1. The van der Waals surface area contributed by atoms with E-state index < -0.39 is 0 Å². The van der Waals surface area contributed by atoms with Crippen molar-refractivity contribution in [3.63, 3.8) is 0 Å². The number of nitrogens with zero attached hydrogens (tertiary/aromatic N) is 3. The second-order valence-corrected chi connectivity index (χ2v) is 5.54. The van der Waals surface area contributed by atoms with Gasteiger partial charge in [-0.3, -0.25) is 9.69 Å². The zero-order valence-corrected chi connectivity index (χ0v) is 11.1. The number of fused-ring (bicyclic) bond motifs is 1. The van der Waals surface area contributed by atoms with Crippen LogP contribution in [0.25, 0.3) is 0 Å². The van der Waals surface area contributed by atoms with Gasteiger partial charge in [-0.1, -0.05) is 11.8 Å². The van der Waals surface area contributed by atoms with Crippen molar-refractivity contribution in [3.8, 4) is 0 Å². The Kier molecular flexibility index (Phi) is 2.87. The summed E-state index contributed by atoms with van der Waals surface area (Å²) in [6, 6.07) is 7.16. The van der Waals surface area contributed by atoms with Crippen LogP contribution in [0.2, 0.25) is 0 Å². The molecule has 0 saturated carbocycles. The molecule has 0 spiro atoms. The maximum absolute atomic E-state index is 12.4. The Labute approximate surface area is 114 Å². The molecular formula is C13H12N4OS. The molecule has 0 radical (unpaired) electrons. The lowest BCUT2D eigenvalue weighted by atomic mass is 10.3. The summed E-state index contributed by atoms with van der Waals surface area (Å²) in [5.41, 5.74) is 6.97. The SMILES string of the molecule is CC1Sc2ncccc2N(c2ccc(N)cn2)C1=O. The molecule has 0 aromatic carbocycles. The van der Waals surface area contributed by atoms with Crippen molar-refractivity contribution in [3.05, 3.63) is 36.7 Å². The Bertz CT molecular complexity index is 629. The number of hydrogen-bond acceptors (Lipinski definition) is 5. The molecule has 1 aliphatic heterocycles. The molecule has 3 rings (SSSR count). The first-order chi connectivity index (χ1) is 9.16. The monoisotopic (exact) mass is 272 g/mol. The third-order valence-electron chi connectivity index (χ3n) is 2.85. The molecule has 0 aliphatic carbocycles. The van der Waals surface area contributed by atoms with Gasteiger partial charge in [0.1, 0.15) is 10.8 Å². The van der Waals surface area contributed by atoms with Crippen LogP contribution in [0.1, 0.15) is 6.92 Å². The first kappa shape index (κ1) is 12.0. The second-order valence-electron chi connectivity index (χ2n) is 4.21. The minimum atomic E-state index is -0.179. The van der Waals surface area contributed by atoms with Gasteiger partial charge in [-0.15, -0.1) is 0 Å². The predicted octanol–water partition coefficient (Wildman–Crippen LogP) is 2.22. The van der Waals surface area contributed by atoms with Gasteiger partial charge in [-0.25, -0.2) is 9.97 Å². The van der Waals surface area contributed by atoms with Gasteiger partial charge in [-0.05, 0) is 31.2 Å². The molecule has 1 aliphatic rings. The van der Waals surface area contributed by atoms with Crippen LogP contribution in [0.15, 0.2) is 41.7 Å². The number of hydrogen-bond donors (Lipinski definition) is 1. The van der Waals surface area contributed by atoms with E-state index in [0.717, 1.165) is 10.7 Å². The Morgan fingerprint density at radius 1 is 1.32 bits per heavy atom. The molecule has 2 N–H and O–H groups in total. The number of anilines is 3. The van der Waals surface area contributed by atoms with E-state index >= 15 is 0 Å². The normalized spacial score (nSPS) is 18.3. The van der Waals surface area contributed by atoms with E-state index in [9.17, 15) is 4.79 Å². The highest BCUT2D eigenvalue weighted by molar-refractivity contribution is 8.00. The number of nitrogen functional groups attached to an aromatic ring is 1. The highest BCUT2D eigenvalue weighted by Gasteiger charge is 2.33. The number of rotatable bonds is 1. The van der Waals surface area contributed by atoms with Crippen molar-refractivity contribution in [2.24, 2.45) is 0 Å². The van der Waals surface area contributed by atoms with E-state index in [4.69, 9.17) is 5.73 Å². The van der Waals surface area contributed by atoms with Gasteiger partial charge in [-0.2, -0.15) is 0 Å². The van der Waals surface area contributed by atoms with Crippen LogP contribution < -0.4 is 10.6 Å². The van der Waals surface area contributed by atoms with Crippen LogP contribution in [-0.4, -0.2) is 21.1 Å². The molecule has 1 unspecified atom stereocenters. The largest absolute Gasteiger partial charge is 0.397 e. The fourth-order valence-electron chi connectivity index (χ4n) is 1.93. The maximum atomic E-state index is 12.4. The average molecular weight is 272 g/mol. The lowest BCUT2D eigenvalue weighted by Crippen LogP contribution is -2.36. The predicted molar refractivity (Wildman–Crippen MR) is 75.4 cm³/mol. The van der Waals surface area contributed by atoms with E-state index in [0.29, 0.717) is 11.5 Å². The van der Waals surface area contributed by atoms with Crippen molar-refractivity contribution in [2.75, 3.05) is 10.6 Å². The van der Waals surface area contributed by atoms with Gasteiger partial charge >= 0.3 is 0 Å². The van der Waals surface area contributed by atoms with Crippen LogP contribution in [0, 0.1) is 0 Å². The summed E-state index contributed by atoms with van der Waals surface area (Å²) < 4.78 is 0. The van der Waals surface area contributed by atoms with Crippen LogP contribution in [-0.2, 0) is 4.79 Å². The summed E-state index contributed by atoms with van der Waals surface area (Å²) in [5.74, 6) is 0.573. The van der Waals surface area contributed by atoms with Gasteiger partial charge in [0.05, 0.1) is 22.8 Å². The van der Waals surface area contributed by atoms with Gasteiger partial charge in [0, 0.05) is 6.20 Å². The highest BCUT2D eigenvalue weighted by atomic mass is 32.2. The fraction of sp³-hybridized carbons (Fsp3) is 0.154. The second kappa shape index (κ2) is 4.55. The van der Waals surface area contributed by atoms with Crippen molar-refractivity contribution in [1.82, 2.24) is 9.97 Å². The molecule has 1 atom stereocenters. The first-order valence-corrected chi connectivity index (χ1v) is 6.72. The van der Waals surface area contributed by atoms with Gasteiger partial charge in [0.25, 0.3) is 0 Å². The summed E-state index contributed by atoms with van der Waals surface area (Å²) in [5, 5.41) is 0.662. The van der Waals surface area contributed by atoms with E-state index in [1.165, 1.54) is 11.8 Å². The van der Waals surface area contributed by atoms with Crippen molar-refractivity contribution in [2.45, 2.75) is 17.2 Å². The van der Waals surface area contributed by atoms with Gasteiger partial charge < -0.3 is 5.73 Å². The van der Waals surface area contributed by atoms with Crippen LogP contribution in [0.4, 0.5) is 17.2 Å². The number of carbonyl (C=O) groups is 1. The molecule has 0 saturated heterocycles. The molecule has 2 aromatic heterocycles. The third-order valence-corrected chi connectivity index (χ3v) is 3.94. The summed E-state index contributed by atoms with van der Waals surface area (Å²) >= 11 is 1.47. The smallest absolute Gasteiger partial charge is 0.246 e. The molecule has 0 bridgehead atoms. The lowest BCUT2D eigenvalue weighted by molar-refractivity contribution is -0.117. The minimum Gasteiger partial charge on any atom is -0.397 e. The van der Waals surface area contributed by atoms with Crippen molar-refractivity contribution in [1.29, 1.82) is 0 Å². The van der Waals surface area contributed by atoms with Crippen molar-refractivity contribution >= 4 is 34.9 Å². The number of pyridine rings is 2. The zero-order valence-electron chi connectivity index (χ0n) is 10.3. The summed E-state index contributed by atoms with van der Waals surface area (Å²) in [7, 11) is 0. The van der Waals surface area contributed by atoms with Crippen LogP contribution in [0.3, 0.4) is 0 Å². The molecule has 6 heteroatoms. The van der Waals surface area contributed by atoms with E-state index in [1.807, 2.05) is 19.1 Å². The quantitative estimate of drug-likeness (QED) is 0.861. The van der Waals surface area contributed by atoms with Crippen LogP contribution >= 0.6 is 11.8 Å². The standard InChI is InChI=1S/C13H12N4OS/c1-8-13(18)17(11-5-4-9(14)7-16-11)10-3-2-6-15-12(10)19-8/h2-8H,14H2,1H3. The Morgan fingerprint density at radius 2 is 2.16 bits per heavy atom. The van der Waals surface area contributed by atoms with Gasteiger partial charge in [0.15, 0.2) is 0 Å². The highest BCUT2D eigenvalue weighted by Crippen LogP contribution is 2.40. The summed E-state index contributed by atoms with van der Waals surface area (Å²) in [4.78, 5) is 22.5. The molecule has 3 heterocycles. The Balaban J connectivity index is 2.13. The minimum absolute atomic E-state index is 0.00257. The maximum Gasteiger partial charge on any atom is 0.246 e. The Hall–Kier alpha value is -2.08. The number of carbonyl (C=O) groups excluding carboxylic acids is 1. The molecule has 96 valence electrons. The molecule has 0 fully saturated rings. The fourth-order valence-corrected chi connectivity index (χ4v) is 2.87. The molecule has 2 aromatic rings. The molecule has 19 heavy (non-hydrogen) atoms. The molecule has 5 nitrogen and oxygen atoms in total. The topological polar surface area (TPSA) is 72.1 Å². The average Bonchev–Trinajstić information content (AvgIpc) is 2.42. The van der Waals surface area contributed by atoms with E-state index in [2.05, 4.69) is 9.97 Å². The third kappa shape index (κ3) is 2.04. The van der Waals surface area contributed by atoms with Crippen molar-refractivity contribution < 1.29 is 4.79 Å². The van der Waals surface area contributed by atoms with Crippen LogP contribution in [0.5, 0.6) is 0 Å². The lowest BCUT2D eigenvalue weighted by Gasteiger charge is -2.30. The zero-order chi connectivity index (χ0) is 13.4. The first-order valence-electron chi connectivity index (χ1n) is 5.84. The number of aromatic nitrogens is 2. The summed E-state index contributed by atoms with van der Waals surface area (Å²) in [6.45, 7) is 1.87. The molecular weight excluding hydrogens is 260 g/mol. The Morgan fingerprint density at radius 3 is 2.89 bits per heavy atom. The van der Waals surface area contributed by atoms with E-state index in [-0.39, 0.29) is 11.2 Å². The van der Waals surface area contributed by atoms with Gasteiger partial charge in [0.2, 0.25) is 5.91 Å². The summed E-state index contributed by atoms with van der Waals surface area (Å²) in [6.07, 6.45) is 3.27. The number of amides is 1.